The van der Waals surface area contributed by atoms with Gasteiger partial charge in [0.25, 0.3) is 0 Å². The number of rotatable bonds is 4. The van der Waals surface area contributed by atoms with Crippen molar-refractivity contribution in [2.45, 2.75) is 0 Å². The average molecular weight is 476 g/mol. The molecule has 37 heavy (non-hydrogen) atoms. The number of aromatic nitrogens is 3. The SMILES string of the molecule is c1ccc(-c2cc(-c3ccc4c(n3)oc3c(-c5ccccn5)cccc34)cc(-c3ccccc3)n2)cc1. The number of para-hydroxylation sites is 1. The summed E-state index contributed by atoms with van der Waals surface area (Å²) in [4.78, 5) is 14.5. The smallest absolute Gasteiger partial charge is 0.227 e. The standard InChI is InChI=1S/C33H21N3O/c1-3-10-22(11-4-1)30-20-24(21-31(35-30)23-12-5-2-6-13-23)28-18-17-26-25-14-9-15-27(29-16-7-8-19-34-29)32(25)37-33(26)36-28/h1-21H. The highest BCUT2D eigenvalue weighted by atomic mass is 16.3. The molecule has 0 aliphatic heterocycles. The molecule has 4 aromatic heterocycles. The van der Waals surface area contributed by atoms with Crippen LogP contribution >= 0.6 is 0 Å². The van der Waals surface area contributed by atoms with Gasteiger partial charge in [-0.15, -0.1) is 0 Å². The van der Waals surface area contributed by atoms with E-state index in [1.807, 2.05) is 66.7 Å². The van der Waals surface area contributed by atoms with Gasteiger partial charge in [-0.25, -0.2) is 9.97 Å². The number of benzene rings is 3. The van der Waals surface area contributed by atoms with E-state index in [0.717, 1.165) is 61.4 Å². The highest BCUT2D eigenvalue weighted by molar-refractivity contribution is 6.08. The lowest BCUT2D eigenvalue weighted by Gasteiger charge is -2.10. The summed E-state index contributed by atoms with van der Waals surface area (Å²) in [7, 11) is 0. The molecular weight excluding hydrogens is 454 g/mol. The van der Waals surface area contributed by atoms with Gasteiger partial charge in [0.1, 0.15) is 5.58 Å². The van der Waals surface area contributed by atoms with Crippen LogP contribution in [0.25, 0.3) is 67.1 Å². The van der Waals surface area contributed by atoms with Gasteiger partial charge < -0.3 is 4.42 Å². The zero-order chi connectivity index (χ0) is 24.6. The largest absolute Gasteiger partial charge is 0.437 e. The van der Waals surface area contributed by atoms with Gasteiger partial charge in [-0.2, -0.15) is 0 Å². The second-order valence-corrected chi connectivity index (χ2v) is 8.91. The van der Waals surface area contributed by atoms with Gasteiger partial charge in [-0.1, -0.05) is 78.9 Å². The molecule has 0 amide bonds. The Morgan fingerprint density at radius 1 is 0.459 bits per heavy atom. The van der Waals surface area contributed by atoms with E-state index in [1.165, 1.54) is 0 Å². The van der Waals surface area contributed by atoms with Gasteiger partial charge in [-0.3, -0.25) is 4.98 Å². The highest BCUT2D eigenvalue weighted by Crippen LogP contribution is 2.36. The molecule has 7 rings (SSSR count). The van der Waals surface area contributed by atoms with Crippen molar-refractivity contribution >= 4 is 22.1 Å². The zero-order valence-corrected chi connectivity index (χ0v) is 19.9. The van der Waals surface area contributed by atoms with Gasteiger partial charge in [0.05, 0.1) is 22.8 Å². The van der Waals surface area contributed by atoms with Crippen LogP contribution in [0.15, 0.2) is 132 Å². The van der Waals surface area contributed by atoms with Crippen LogP contribution in [-0.2, 0) is 0 Å². The minimum atomic E-state index is 0.607. The molecule has 4 heterocycles. The molecule has 174 valence electrons. The topological polar surface area (TPSA) is 51.8 Å². The molecule has 0 unspecified atom stereocenters. The lowest BCUT2D eigenvalue weighted by atomic mass is 10.0. The van der Waals surface area contributed by atoms with Crippen molar-refractivity contribution in [2.24, 2.45) is 0 Å². The van der Waals surface area contributed by atoms with Gasteiger partial charge in [0.15, 0.2) is 0 Å². The second-order valence-electron chi connectivity index (χ2n) is 8.91. The predicted octanol–water partition coefficient (Wildman–Crippen LogP) is 8.44. The van der Waals surface area contributed by atoms with Crippen molar-refractivity contribution in [3.63, 3.8) is 0 Å². The molecule has 0 spiro atoms. The molecule has 0 fully saturated rings. The van der Waals surface area contributed by atoms with Gasteiger partial charge in [0, 0.05) is 39.2 Å². The van der Waals surface area contributed by atoms with Crippen molar-refractivity contribution in [2.75, 3.05) is 0 Å². The van der Waals surface area contributed by atoms with Crippen LogP contribution in [0.3, 0.4) is 0 Å². The Labute approximate surface area is 213 Å². The van der Waals surface area contributed by atoms with E-state index < -0.39 is 0 Å². The Balaban J connectivity index is 1.41. The van der Waals surface area contributed by atoms with Crippen molar-refractivity contribution in [3.8, 4) is 45.0 Å². The van der Waals surface area contributed by atoms with Crippen LogP contribution in [0.1, 0.15) is 0 Å². The van der Waals surface area contributed by atoms with Crippen LogP contribution in [0, 0.1) is 0 Å². The molecule has 0 atom stereocenters. The maximum atomic E-state index is 6.36. The van der Waals surface area contributed by atoms with E-state index in [0.29, 0.717) is 5.71 Å². The molecule has 4 nitrogen and oxygen atoms in total. The first-order chi connectivity index (χ1) is 18.3. The number of nitrogens with zero attached hydrogens (tertiary/aromatic N) is 3. The van der Waals surface area contributed by atoms with Crippen LogP contribution in [0.5, 0.6) is 0 Å². The van der Waals surface area contributed by atoms with E-state index in [-0.39, 0.29) is 0 Å². The predicted molar refractivity (Wildman–Crippen MR) is 149 cm³/mol. The summed E-state index contributed by atoms with van der Waals surface area (Å²) >= 11 is 0. The second kappa shape index (κ2) is 8.85. The molecule has 0 saturated heterocycles. The molecule has 0 bridgehead atoms. The van der Waals surface area contributed by atoms with E-state index in [4.69, 9.17) is 14.4 Å². The fourth-order valence-corrected chi connectivity index (χ4v) is 4.76. The van der Waals surface area contributed by atoms with E-state index in [2.05, 4.69) is 59.6 Å². The summed E-state index contributed by atoms with van der Waals surface area (Å²) in [5, 5.41) is 2.01. The fourth-order valence-electron chi connectivity index (χ4n) is 4.76. The van der Waals surface area contributed by atoms with Crippen LogP contribution in [0.2, 0.25) is 0 Å². The molecule has 0 aliphatic carbocycles. The van der Waals surface area contributed by atoms with Crippen molar-refractivity contribution in [1.82, 2.24) is 15.0 Å². The maximum absolute atomic E-state index is 6.36. The molecule has 0 N–H and O–H groups in total. The minimum absolute atomic E-state index is 0.607. The third-order valence-corrected chi connectivity index (χ3v) is 6.57. The monoisotopic (exact) mass is 475 g/mol. The van der Waals surface area contributed by atoms with Crippen molar-refractivity contribution < 1.29 is 4.42 Å². The number of hydrogen-bond donors (Lipinski definition) is 0. The third-order valence-electron chi connectivity index (χ3n) is 6.57. The molecule has 0 saturated carbocycles. The normalized spacial score (nSPS) is 11.2. The first-order valence-electron chi connectivity index (χ1n) is 12.2. The first-order valence-corrected chi connectivity index (χ1v) is 12.2. The van der Waals surface area contributed by atoms with E-state index in [1.54, 1.807) is 6.20 Å². The summed E-state index contributed by atoms with van der Waals surface area (Å²) in [5.41, 5.74) is 8.99. The van der Waals surface area contributed by atoms with E-state index in [9.17, 15) is 0 Å². The summed E-state index contributed by atoms with van der Waals surface area (Å²) in [6.07, 6.45) is 1.80. The van der Waals surface area contributed by atoms with Gasteiger partial charge in [-0.05, 0) is 42.5 Å². The van der Waals surface area contributed by atoms with Crippen LogP contribution in [0.4, 0.5) is 0 Å². The minimum Gasteiger partial charge on any atom is -0.437 e. The Morgan fingerprint density at radius 2 is 1.16 bits per heavy atom. The maximum Gasteiger partial charge on any atom is 0.227 e. The van der Waals surface area contributed by atoms with E-state index >= 15 is 0 Å². The van der Waals surface area contributed by atoms with Crippen LogP contribution < -0.4 is 0 Å². The molecular formula is C33H21N3O. The molecule has 7 aromatic rings. The zero-order valence-electron chi connectivity index (χ0n) is 19.9. The summed E-state index contributed by atoms with van der Waals surface area (Å²) in [5.74, 6) is 0. The number of fused-ring (bicyclic) bond motifs is 3. The average Bonchev–Trinajstić information content (AvgIpc) is 3.36. The number of pyridine rings is 3. The Kier molecular flexibility index (Phi) is 5.07. The lowest BCUT2D eigenvalue weighted by molar-refractivity contribution is 0.655. The number of furan rings is 1. The summed E-state index contributed by atoms with van der Waals surface area (Å²) in [6, 6.07) is 40.9. The Hall–Kier alpha value is -5.09. The quantitative estimate of drug-likeness (QED) is 0.256. The fraction of sp³-hybridized carbons (Fsp3) is 0. The lowest BCUT2D eigenvalue weighted by Crippen LogP contribution is -1.92. The van der Waals surface area contributed by atoms with Gasteiger partial charge in [0.2, 0.25) is 5.71 Å². The molecule has 3 aromatic carbocycles. The number of hydrogen-bond acceptors (Lipinski definition) is 4. The van der Waals surface area contributed by atoms with Gasteiger partial charge >= 0.3 is 0 Å². The summed E-state index contributed by atoms with van der Waals surface area (Å²) in [6.45, 7) is 0. The van der Waals surface area contributed by atoms with Crippen LogP contribution in [-0.4, -0.2) is 15.0 Å². The summed E-state index contributed by atoms with van der Waals surface area (Å²) < 4.78 is 6.36. The Morgan fingerprint density at radius 3 is 1.84 bits per heavy atom. The highest BCUT2D eigenvalue weighted by Gasteiger charge is 2.16. The molecule has 0 radical (unpaired) electrons. The third kappa shape index (κ3) is 3.85. The molecule has 0 aliphatic rings. The van der Waals surface area contributed by atoms with Crippen molar-refractivity contribution in [3.05, 3.63) is 128 Å². The van der Waals surface area contributed by atoms with Crippen molar-refractivity contribution in [1.29, 1.82) is 0 Å². The first kappa shape index (κ1) is 21.2. The molecule has 4 heteroatoms. The Bertz CT molecular complexity index is 1800.